The predicted octanol–water partition coefficient (Wildman–Crippen LogP) is 3.87. The van der Waals surface area contributed by atoms with Gasteiger partial charge in [-0.05, 0) is 44.2 Å². The number of rotatable bonds is 5. The summed E-state index contributed by atoms with van der Waals surface area (Å²) in [6, 6.07) is 9.32. The van der Waals surface area contributed by atoms with Crippen molar-refractivity contribution in [3.63, 3.8) is 0 Å². The predicted molar refractivity (Wildman–Crippen MR) is 88.1 cm³/mol. The van der Waals surface area contributed by atoms with E-state index in [0.717, 1.165) is 12.1 Å². The fourth-order valence-electron chi connectivity index (χ4n) is 2.04. The molecule has 2 rings (SSSR count). The van der Waals surface area contributed by atoms with Gasteiger partial charge in [-0.3, -0.25) is 0 Å². The quantitative estimate of drug-likeness (QED) is 0.823. The Balaban J connectivity index is 2.02. The molecule has 1 aromatic heterocycles. The molecule has 1 heterocycles. The number of hydrogen-bond acceptors (Lipinski definition) is 3. The van der Waals surface area contributed by atoms with Crippen molar-refractivity contribution < 1.29 is 4.39 Å². The molecule has 0 aliphatic rings. The van der Waals surface area contributed by atoms with E-state index in [4.69, 9.17) is 18.0 Å². The van der Waals surface area contributed by atoms with E-state index in [9.17, 15) is 4.39 Å². The maximum atomic E-state index is 13.8. The van der Waals surface area contributed by atoms with Gasteiger partial charge in [-0.25, -0.2) is 4.39 Å². The van der Waals surface area contributed by atoms with Crippen molar-refractivity contribution in [2.45, 2.75) is 26.3 Å². The van der Waals surface area contributed by atoms with Crippen molar-refractivity contribution in [1.82, 2.24) is 0 Å². The Bertz CT molecular complexity index is 622. The van der Waals surface area contributed by atoms with Gasteiger partial charge in [0.1, 0.15) is 10.8 Å². The maximum absolute atomic E-state index is 13.8. The van der Waals surface area contributed by atoms with E-state index in [-0.39, 0.29) is 22.4 Å². The van der Waals surface area contributed by atoms with E-state index in [1.54, 1.807) is 23.5 Å². The Morgan fingerprint density at radius 1 is 1.40 bits per heavy atom. The van der Waals surface area contributed by atoms with E-state index < -0.39 is 0 Å². The molecule has 0 radical (unpaired) electrons. The summed E-state index contributed by atoms with van der Waals surface area (Å²) in [5.41, 5.74) is 6.47. The van der Waals surface area contributed by atoms with E-state index in [1.165, 1.54) is 15.8 Å². The van der Waals surface area contributed by atoms with Crippen LogP contribution in [0.3, 0.4) is 0 Å². The molecule has 20 heavy (non-hydrogen) atoms. The lowest BCUT2D eigenvalue weighted by molar-refractivity contribution is 0.625. The van der Waals surface area contributed by atoms with Crippen LogP contribution in [0.2, 0.25) is 0 Å². The van der Waals surface area contributed by atoms with Crippen molar-refractivity contribution >= 4 is 34.2 Å². The van der Waals surface area contributed by atoms with E-state index in [2.05, 4.69) is 31.3 Å². The number of thiocarbonyl (C=S) groups is 1. The minimum absolute atomic E-state index is 0.0798. The molecule has 0 aliphatic heterocycles. The van der Waals surface area contributed by atoms with Gasteiger partial charge < -0.3 is 11.1 Å². The average Bonchev–Trinajstić information content (AvgIpc) is 2.74. The van der Waals surface area contributed by atoms with E-state index >= 15 is 0 Å². The molecule has 0 saturated heterocycles. The topological polar surface area (TPSA) is 38.0 Å². The van der Waals surface area contributed by atoms with Crippen LogP contribution < -0.4 is 11.1 Å². The minimum atomic E-state index is -0.387. The molecular weight excluding hydrogens is 291 g/mol. The largest absolute Gasteiger partial charge is 0.389 e. The highest BCUT2D eigenvalue weighted by molar-refractivity contribution is 7.80. The van der Waals surface area contributed by atoms with Gasteiger partial charge in [0.05, 0.1) is 0 Å². The molecule has 106 valence electrons. The summed E-state index contributed by atoms with van der Waals surface area (Å²) in [6.07, 6.45) is 0.914. The number of thiophene rings is 1. The van der Waals surface area contributed by atoms with Crippen LogP contribution in [0.25, 0.3) is 0 Å². The molecule has 5 heteroatoms. The second kappa shape index (κ2) is 6.33. The fourth-order valence-corrected chi connectivity index (χ4v) is 3.22. The van der Waals surface area contributed by atoms with Crippen molar-refractivity contribution in [3.05, 3.63) is 51.5 Å². The SMILES string of the molecule is Cc1ccc(CC(C)Nc2ccc(C(N)=S)c(F)c2)s1. The summed E-state index contributed by atoms with van der Waals surface area (Å²) < 4.78 is 13.8. The van der Waals surface area contributed by atoms with Crippen LogP contribution >= 0.6 is 23.6 Å². The molecule has 2 aromatic rings. The Hall–Kier alpha value is -1.46. The van der Waals surface area contributed by atoms with Crippen molar-refractivity contribution in [2.75, 3.05) is 5.32 Å². The monoisotopic (exact) mass is 308 g/mol. The Morgan fingerprint density at radius 2 is 2.15 bits per heavy atom. The average molecular weight is 308 g/mol. The van der Waals surface area contributed by atoms with Crippen LogP contribution in [0.15, 0.2) is 30.3 Å². The maximum Gasteiger partial charge on any atom is 0.135 e. The Labute approximate surface area is 127 Å². The third kappa shape index (κ3) is 3.77. The first kappa shape index (κ1) is 14.9. The third-order valence-corrected chi connectivity index (χ3v) is 4.19. The van der Waals surface area contributed by atoms with E-state index in [0.29, 0.717) is 0 Å². The molecule has 3 N–H and O–H groups in total. The molecule has 1 atom stereocenters. The van der Waals surface area contributed by atoms with Crippen LogP contribution in [-0.4, -0.2) is 11.0 Å². The first-order valence-corrected chi connectivity index (χ1v) is 7.59. The van der Waals surface area contributed by atoms with Crippen molar-refractivity contribution in [1.29, 1.82) is 0 Å². The second-order valence-electron chi connectivity index (χ2n) is 4.82. The summed E-state index contributed by atoms with van der Waals surface area (Å²) in [5.74, 6) is -0.387. The second-order valence-corrected chi connectivity index (χ2v) is 6.63. The number of anilines is 1. The van der Waals surface area contributed by atoms with Gasteiger partial charge in [0.25, 0.3) is 0 Å². The number of benzene rings is 1. The van der Waals surface area contributed by atoms with Gasteiger partial charge in [-0.15, -0.1) is 11.3 Å². The van der Waals surface area contributed by atoms with Crippen LogP contribution in [0.1, 0.15) is 22.2 Å². The van der Waals surface area contributed by atoms with Gasteiger partial charge in [0, 0.05) is 33.5 Å². The van der Waals surface area contributed by atoms with Gasteiger partial charge in [-0.1, -0.05) is 12.2 Å². The third-order valence-electron chi connectivity index (χ3n) is 2.95. The molecule has 0 saturated carbocycles. The molecule has 1 unspecified atom stereocenters. The lowest BCUT2D eigenvalue weighted by Gasteiger charge is -2.15. The van der Waals surface area contributed by atoms with Gasteiger partial charge in [0.2, 0.25) is 0 Å². The Kier molecular flexibility index (Phi) is 4.73. The summed E-state index contributed by atoms with van der Waals surface area (Å²) in [4.78, 5) is 2.71. The number of halogens is 1. The summed E-state index contributed by atoms with van der Waals surface area (Å²) in [6.45, 7) is 4.17. The van der Waals surface area contributed by atoms with Crippen molar-refractivity contribution in [2.24, 2.45) is 5.73 Å². The fraction of sp³-hybridized carbons (Fsp3) is 0.267. The highest BCUT2D eigenvalue weighted by atomic mass is 32.1. The minimum Gasteiger partial charge on any atom is -0.389 e. The van der Waals surface area contributed by atoms with E-state index in [1.807, 2.05) is 0 Å². The smallest absolute Gasteiger partial charge is 0.135 e. The van der Waals surface area contributed by atoms with Crippen molar-refractivity contribution in [3.8, 4) is 0 Å². The zero-order valence-electron chi connectivity index (χ0n) is 11.4. The van der Waals surface area contributed by atoms with Crippen LogP contribution in [0, 0.1) is 12.7 Å². The summed E-state index contributed by atoms with van der Waals surface area (Å²) >= 11 is 6.58. The van der Waals surface area contributed by atoms with Crippen LogP contribution in [0.4, 0.5) is 10.1 Å². The van der Waals surface area contributed by atoms with Gasteiger partial charge in [0.15, 0.2) is 0 Å². The van der Waals surface area contributed by atoms with Crippen LogP contribution in [-0.2, 0) is 6.42 Å². The Morgan fingerprint density at radius 3 is 2.70 bits per heavy atom. The lowest BCUT2D eigenvalue weighted by Crippen LogP contribution is -2.18. The number of nitrogens with one attached hydrogen (secondary N) is 1. The van der Waals surface area contributed by atoms with Gasteiger partial charge in [-0.2, -0.15) is 0 Å². The highest BCUT2D eigenvalue weighted by Gasteiger charge is 2.09. The highest BCUT2D eigenvalue weighted by Crippen LogP contribution is 2.20. The lowest BCUT2D eigenvalue weighted by atomic mass is 10.1. The first-order chi connectivity index (χ1) is 9.45. The number of aryl methyl sites for hydroxylation is 1. The molecule has 0 fully saturated rings. The molecule has 2 nitrogen and oxygen atoms in total. The molecule has 0 amide bonds. The number of hydrogen-bond donors (Lipinski definition) is 2. The number of nitrogens with two attached hydrogens (primary N) is 1. The summed E-state index contributed by atoms with van der Waals surface area (Å²) in [5, 5.41) is 3.29. The molecule has 0 spiro atoms. The molecule has 0 aliphatic carbocycles. The summed E-state index contributed by atoms with van der Waals surface area (Å²) in [7, 11) is 0. The van der Waals surface area contributed by atoms with Gasteiger partial charge >= 0.3 is 0 Å². The zero-order chi connectivity index (χ0) is 14.7. The molecule has 0 bridgehead atoms. The zero-order valence-corrected chi connectivity index (χ0v) is 13.1. The normalized spacial score (nSPS) is 12.2. The molecule has 1 aromatic carbocycles. The first-order valence-electron chi connectivity index (χ1n) is 6.37. The standard InChI is InChI=1S/C15H17FN2S2/c1-9(7-12-5-3-10(2)20-12)18-11-4-6-13(15(17)19)14(16)8-11/h3-6,8-9,18H,7H2,1-2H3,(H2,17,19). The molecular formula is C15H17FN2S2. The van der Waals surface area contributed by atoms with Crippen LogP contribution in [0.5, 0.6) is 0 Å².